The fourth-order valence-electron chi connectivity index (χ4n) is 3.95. The molecule has 1 heterocycles. The van der Waals surface area contributed by atoms with Crippen LogP contribution in [0.4, 0.5) is 34.1 Å². The number of benzene rings is 1. The van der Waals surface area contributed by atoms with Crippen LogP contribution < -0.4 is 15.1 Å². The molecule has 0 bridgehead atoms. The molecule has 0 radical (unpaired) electrons. The molecule has 2 rings (SSSR count). The minimum atomic E-state index is -4.20. The van der Waals surface area contributed by atoms with Gasteiger partial charge in [0.05, 0.1) is 43.6 Å². The summed E-state index contributed by atoms with van der Waals surface area (Å²) in [6, 6.07) is 5.09. The topological polar surface area (TPSA) is 71.1 Å². The van der Waals surface area contributed by atoms with Crippen LogP contribution in [0.5, 0.6) is 0 Å². The van der Waals surface area contributed by atoms with Crippen molar-refractivity contribution in [3.8, 4) is 0 Å². The highest BCUT2D eigenvalue weighted by Gasteiger charge is 2.37. The van der Waals surface area contributed by atoms with Crippen molar-refractivity contribution in [3.05, 3.63) is 23.8 Å². The summed E-state index contributed by atoms with van der Waals surface area (Å²) in [5, 5.41) is 2.90. The number of rotatable bonds is 8. The second-order valence-corrected chi connectivity index (χ2v) is 8.54. The Morgan fingerprint density at radius 3 is 2.48 bits per heavy atom. The molecule has 1 aromatic rings. The Balaban J connectivity index is 2.38. The molecule has 1 aliphatic rings. The predicted molar refractivity (Wildman–Crippen MR) is 121 cm³/mol. The molecule has 0 saturated carbocycles. The van der Waals surface area contributed by atoms with Gasteiger partial charge >= 0.3 is 18.4 Å². The number of halogens is 3. The van der Waals surface area contributed by atoms with Crippen LogP contribution in [0.15, 0.2) is 18.2 Å². The maximum atomic E-state index is 12.8. The quantitative estimate of drug-likeness (QED) is 0.509. The van der Waals surface area contributed by atoms with E-state index in [4.69, 9.17) is 9.47 Å². The molecule has 0 aliphatic carbocycles. The summed E-state index contributed by atoms with van der Waals surface area (Å²) < 4.78 is 47.8. The van der Waals surface area contributed by atoms with Gasteiger partial charge in [0, 0.05) is 13.1 Å². The van der Waals surface area contributed by atoms with Crippen molar-refractivity contribution < 1.29 is 32.2 Å². The highest BCUT2D eigenvalue weighted by atomic mass is 19.4. The Labute approximate surface area is 193 Å². The van der Waals surface area contributed by atoms with Crippen LogP contribution in [0.25, 0.3) is 0 Å². The summed E-state index contributed by atoms with van der Waals surface area (Å²) >= 11 is 0. The zero-order chi connectivity index (χ0) is 24.8. The third-order valence-corrected chi connectivity index (χ3v) is 5.45. The van der Waals surface area contributed by atoms with Gasteiger partial charge in [-0.15, -0.1) is 0 Å². The maximum absolute atomic E-state index is 12.8. The van der Waals surface area contributed by atoms with E-state index in [0.717, 1.165) is 18.4 Å². The van der Waals surface area contributed by atoms with Crippen LogP contribution in [-0.2, 0) is 9.47 Å². The molecule has 33 heavy (non-hydrogen) atoms. The van der Waals surface area contributed by atoms with E-state index >= 15 is 0 Å². The highest BCUT2D eigenvalue weighted by Crippen LogP contribution is 2.39. The molecule has 0 saturated heterocycles. The van der Waals surface area contributed by atoms with Crippen LogP contribution in [0.2, 0.25) is 0 Å². The van der Waals surface area contributed by atoms with Crippen LogP contribution in [0.3, 0.4) is 0 Å². The van der Waals surface area contributed by atoms with Crippen molar-refractivity contribution in [2.24, 2.45) is 0 Å². The molecule has 0 fully saturated rings. The van der Waals surface area contributed by atoms with Crippen molar-refractivity contribution in [1.82, 2.24) is 5.32 Å². The smallest absolute Gasteiger partial charge is 0.414 e. The molecule has 7 nitrogen and oxygen atoms in total. The fraction of sp³-hybridized carbons (Fsp3) is 0.652. The molecule has 1 aromatic carbocycles. The molecular formula is C23H34F3N3O4. The molecule has 10 heteroatoms. The first-order valence-electron chi connectivity index (χ1n) is 11.2. The van der Waals surface area contributed by atoms with Crippen molar-refractivity contribution in [2.45, 2.75) is 71.2 Å². The summed E-state index contributed by atoms with van der Waals surface area (Å²) in [5.74, 6) is -0.0533. The number of methoxy groups -OCH3 is 1. The van der Waals surface area contributed by atoms with E-state index in [1.165, 1.54) is 16.9 Å². The van der Waals surface area contributed by atoms with Gasteiger partial charge < -0.3 is 14.8 Å². The summed E-state index contributed by atoms with van der Waals surface area (Å²) in [5.41, 5.74) is 1.90. The molecule has 1 aliphatic heterocycles. The Kier molecular flexibility index (Phi) is 9.39. The van der Waals surface area contributed by atoms with Gasteiger partial charge in [0.15, 0.2) is 0 Å². The van der Waals surface area contributed by atoms with E-state index in [1.807, 2.05) is 26.0 Å². The second-order valence-electron chi connectivity index (χ2n) is 8.54. The average Bonchev–Trinajstić information content (AvgIpc) is 2.73. The van der Waals surface area contributed by atoms with Gasteiger partial charge in [0.25, 0.3) is 0 Å². The number of amides is 2. The Hall–Kier alpha value is -2.49. The lowest BCUT2D eigenvalue weighted by atomic mass is 9.92. The van der Waals surface area contributed by atoms with E-state index in [9.17, 15) is 22.8 Å². The lowest BCUT2D eigenvalue weighted by Crippen LogP contribution is -2.52. The van der Waals surface area contributed by atoms with Crippen molar-refractivity contribution in [2.75, 3.05) is 36.5 Å². The van der Waals surface area contributed by atoms with Crippen LogP contribution in [0.1, 0.15) is 58.4 Å². The number of carbonyl (C=O) groups excluding carboxylic acids is 2. The van der Waals surface area contributed by atoms with Crippen LogP contribution >= 0.6 is 0 Å². The van der Waals surface area contributed by atoms with Gasteiger partial charge in [0.1, 0.15) is 0 Å². The van der Waals surface area contributed by atoms with Crippen LogP contribution in [0, 0.1) is 0 Å². The third-order valence-electron chi connectivity index (χ3n) is 5.45. The number of ether oxygens (including phenoxy) is 2. The lowest BCUT2D eigenvalue weighted by Gasteiger charge is -2.40. The lowest BCUT2D eigenvalue weighted by molar-refractivity contribution is -0.133. The first-order chi connectivity index (χ1) is 15.5. The highest BCUT2D eigenvalue weighted by molar-refractivity contribution is 6.00. The molecule has 2 atom stereocenters. The number of alkyl halides is 3. The monoisotopic (exact) mass is 473 g/mol. The summed E-state index contributed by atoms with van der Waals surface area (Å²) in [4.78, 5) is 28.3. The van der Waals surface area contributed by atoms with E-state index in [1.54, 1.807) is 19.9 Å². The average molecular weight is 474 g/mol. The normalized spacial score (nSPS) is 17.1. The molecule has 186 valence electrons. The number of nitrogens with one attached hydrogen (secondary N) is 1. The van der Waals surface area contributed by atoms with E-state index in [2.05, 4.69) is 5.32 Å². The molecule has 1 unspecified atom stereocenters. The van der Waals surface area contributed by atoms with Crippen molar-refractivity contribution in [1.29, 1.82) is 0 Å². The largest absolute Gasteiger partial charge is 0.452 e. The number of fused-ring (bicyclic) bond motifs is 1. The zero-order valence-electron chi connectivity index (χ0n) is 19.9. The second kappa shape index (κ2) is 11.6. The van der Waals surface area contributed by atoms with Gasteiger partial charge in [0.2, 0.25) is 0 Å². The number of hydrogen-bond donors (Lipinski definition) is 1. The molecule has 0 spiro atoms. The fourth-order valence-corrected chi connectivity index (χ4v) is 3.95. The Morgan fingerprint density at radius 1 is 1.21 bits per heavy atom. The predicted octanol–water partition coefficient (Wildman–Crippen LogP) is 5.44. The van der Waals surface area contributed by atoms with Gasteiger partial charge in [-0.2, -0.15) is 13.2 Å². The number of anilines is 2. The number of hydrogen-bond acceptors (Lipinski definition) is 5. The zero-order valence-corrected chi connectivity index (χ0v) is 19.9. The van der Waals surface area contributed by atoms with Gasteiger partial charge in [-0.05, 0) is 50.8 Å². The van der Waals surface area contributed by atoms with E-state index in [0.29, 0.717) is 17.9 Å². The van der Waals surface area contributed by atoms with Gasteiger partial charge in [-0.25, -0.2) is 9.59 Å². The van der Waals surface area contributed by atoms with Crippen molar-refractivity contribution >= 4 is 23.6 Å². The first-order valence-corrected chi connectivity index (χ1v) is 11.2. The van der Waals surface area contributed by atoms with Gasteiger partial charge in [-0.1, -0.05) is 19.4 Å². The minimum absolute atomic E-state index is 0.0533. The third kappa shape index (κ3) is 7.25. The molecule has 0 aromatic heterocycles. The first kappa shape index (κ1) is 26.8. The summed E-state index contributed by atoms with van der Waals surface area (Å²) in [6.07, 6.45) is -4.87. The molecule has 1 N–H and O–H groups in total. The summed E-state index contributed by atoms with van der Waals surface area (Å²) in [7, 11) is 1.30. The molecular weight excluding hydrogens is 439 g/mol. The number of nitrogens with zero attached hydrogens (tertiary/aromatic N) is 2. The van der Waals surface area contributed by atoms with Gasteiger partial charge in [-0.3, -0.25) is 9.80 Å². The standard InChI is InChI=1S/C23H34F3N3O4/c1-6-7-18(13-27-11-10-23(24,25)26)17-8-9-19-20(12-17)28(21(30)33-15(2)3)14-16(4)29(19)22(31)32-5/h8-9,12,15-16,18,27H,6-7,10-11,13-14H2,1-5H3/t16-,18?/m0/s1. The SMILES string of the molecule is CCCC(CNCCC(F)(F)F)c1ccc2c(c1)N(C(=O)OC(C)C)C[C@H](C)N2C(=O)OC. The Morgan fingerprint density at radius 2 is 1.91 bits per heavy atom. The maximum Gasteiger partial charge on any atom is 0.414 e. The minimum Gasteiger partial charge on any atom is -0.452 e. The number of carbonyl (C=O) groups is 2. The molecule has 2 amide bonds. The van der Waals surface area contributed by atoms with Crippen LogP contribution in [-0.4, -0.2) is 57.3 Å². The van der Waals surface area contributed by atoms with Crippen molar-refractivity contribution in [3.63, 3.8) is 0 Å². The van der Waals surface area contributed by atoms with E-state index < -0.39 is 24.8 Å². The van der Waals surface area contributed by atoms with E-state index in [-0.39, 0.29) is 31.2 Å². The summed E-state index contributed by atoms with van der Waals surface area (Å²) in [6.45, 7) is 7.77. The Bertz CT molecular complexity index is 817.